The minimum atomic E-state index is 0.0262. The van der Waals surface area contributed by atoms with E-state index in [1.54, 1.807) is 0 Å². The maximum Gasteiger partial charge on any atom is 0.223 e. The van der Waals surface area contributed by atoms with Gasteiger partial charge in [-0.1, -0.05) is 25.1 Å². The number of benzene rings is 1. The van der Waals surface area contributed by atoms with Gasteiger partial charge in [0, 0.05) is 51.3 Å². The third kappa shape index (κ3) is 4.49. The van der Waals surface area contributed by atoms with Crippen LogP contribution in [0.3, 0.4) is 0 Å². The monoisotopic (exact) mass is 331 g/mol. The zero-order valence-corrected chi connectivity index (χ0v) is 15.0. The molecule has 0 unspecified atom stereocenters. The van der Waals surface area contributed by atoms with E-state index < -0.39 is 0 Å². The van der Waals surface area contributed by atoms with Gasteiger partial charge in [-0.2, -0.15) is 0 Å². The molecule has 24 heavy (non-hydrogen) atoms. The average molecular weight is 331 g/mol. The van der Waals surface area contributed by atoms with Crippen LogP contribution in [0.4, 0.5) is 5.69 Å². The number of amides is 2. The van der Waals surface area contributed by atoms with Crippen LogP contribution in [0.25, 0.3) is 0 Å². The minimum Gasteiger partial charge on any atom is -0.372 e. The third-order valence-electron chi connectivity index (χ3n) is 4.63. The number of carbonyl (C=O) groups excluding carboxylic acids is 2. The lowest BCUT2D eigenvalue weighted by molar-refractivity contribution is -0.134. The summed E-state index contributed by atoms with van der Waals surface area (Å²) >= 11 is 0. The summed E-state index contributed by atoms with van der Waals surface area (Å²) in [6, 6.07) is 8.49. The number of para-hydroxylation sites is 1. The van der Waals surface area contributed by atoms with Gasteiger partial charge >= 0.3 is 0 Å². The lowest BCUT2D eigenvalue weighted by Crippen LogP contribution is -2.43. The van der Waals surface area contributed by atoms with E-state index in [9.17, 15) is 9.59 Å². The molecule has 1 aliphatic heterocycles. The van der Waals surface area contributed by atoms with Crippen molar-refractivity contribution in [2.45, 2.75) is 52.1 Å². The van der Waals surface area contributed by atoms with Crippen LogP contribution in [0, 0.1) is 0 Å². The highest BCUT2D eigenvalue weighted by Gasteiger charge is 2.28. The normalized spacial score (nSPS) is 17.2. The maximum atomic E-state index is 12.8. The first-order valence-electron chi connectivity index (χ1n) is 8.92. The molecule has 0 fully saturated rings. The van der Waals surface area contributed by atoms with E-state index in [-0.39, 0.29) is 17.9 Å². The zero-order chi connectivity index (χ0) is 17.5. The Morgan fingerprint density at radius 2 is 1.96 bits per heavy atom. The highest BCUT2D eigenvalue weighted by molar-refractivity contribution is 5.79. The molecular weight excluding hydrogens is 302 g/mol. The summed E-state index contributed by atoms with van der Waals surface area (Å²) < 4.78 is 0. The van der Waals surface area contributed by atoms with Crippen molar-refractivity contribution in [1.29, 1.82) is 0 Å². The van der Waals surface area contributed by atoms with Crippen LogP contribution in [0.2, 0.25) is 0 Å². The van der Waals surface area contributed by atoms with Crippen LogP contribution in [0.5, 0.6) is 0 Å². The van der Waals surface area contributed by atoms with E-state index in [1.807, 2.05) is 24.0 Å². The Kier molecular flexibility index (Phi) is 6.64. The average Bonchev–Trinajstić information content (AvgIpc) is 2.72. The van der Waals surface area contributed by atoms with Gasteiger partial charge in [0.1, 0.15) is 0 Å². The van der Waals surface area contributed by atoms with Crippen molar-refractivity contribution < 1.29 is 9.59 Å². The number of hydrogen-bond donors (Lipinski definition) is 1. The van der Waals surface area contributed by atoms with Crippen molar-refractivity contribution in [3.63, 3.8) is 0 Å². The Morgan fingerprint density at radius 3 is 2.67 bits per heavy atom. The first-order valence-corrected chi connectivity index (χ1v) is 8.92. The molecule has 0 spiro atoms. The first-order chi connectivity index (χ1) is 11.6. The Hall–Kier alpha value is -2.04. The molecule has 0 aliphatic carbocycles. The van der Waals surface area contributed by atoms with Gasteiger partial charge in [0.05, 0.1) is 0 Å². The lowest BCUT2D eigenvalue weighted by atomic mass is 10.1. The summed E-state index contributed by atoms with van der Waals surface area (Å²) in [5, 5.41) is 2.78. The summed E-state index contributed by atoms with van der Waals surface area (Å²) in [4.78, 5) is 28.5. The van der Waals surface area contributed by atoms with E-state index >= 15 is 0 Å². The lowest BCUT2D eigenvalue weighted by Gasteiger charge is -2.30. The number of likely N-dealkylation sites (N-methyl/N-ethyl adjacent to an activating group) is 1. The smallest absolute Gasteiger partial charge is 0.223 e. The molecule has 0 saturated carbocycles. The number of anilines is 1. The molecule has 1 N–H and O–H groups in total. The van der Waals surface area contributed by atoms with Crippen LogP contribution >= 0.6 is 0 Å². The topological polar surface area (TPSA) is 52.7 Å². The van der Waals surface area contributed by atoms with Gasteiger partial charge in [-0.3, -0.25) is 9.59 Å². The van der Waals surface area contributed by atoms with Crippen molar-refractivity contribution in [2.75, 3.05) is 25.0 Å². The van der Waals surface area contributed by atoms with E-state index in [0.717, 1.165) is 13.0 Å². The number of hydrogen-bond acceptors (Lipinski definition) is 3. The number of fused-ring (bicyclic) bond motifs is 1. The first kappa shape index (κ1) is 18.3. The maximum absolute atomic E-state index is 12.8. The molecule has 1 aromatic carbocycles. The number of carbonyl (C=O) groups is 2. The van der Waals surface area contributed by atoms with E-state index in [2.05, 4.69) is 36.3 Å². The predicted molar refractivity (Wildman–Crippen MR) is 96.9 cm³/mol. The molecule has 5 heteroatoms. The number of rotatable bonds is 6. The second-order valence-electron chi connectivity index (χ2n) is 6.40. The molecule has 0 aromatic heterocycles. The van der Waals surface area contributed by atoms with Gasteiger partial charge in [-0.05, 0) is 31.4 Å². The Balaban J connectivity index is 2.04. The Labute approximate surface area is 145 Å². The van der Waals surface area contributed by atoms with Crippen molar-refractivity contribution in [2.24, 2.45) is 0 Å². The summed E-state index contributed by atoms with van der Waals surface area (Å²) in [5.74, 6) is 0.175. The van der Waals surface area contributed by atoms with Gasteiger partial charge in [-0.15, -0.1) is 0 Å². The SMILES string of the molecule is CCNC(=O)CCCC(=O)N1Cc2ccccc2N(C)C[C@H]1CC. The van der Waals surface area contributed by atoms with Crippen molar-refractivity contribution in [1.82, 2.24) is 10.2 Å². The summed E-state index contributed by atoms with van der Waals surface area (Å²) in [7, 11) is 2.09. The van der Waals surface area contributed by atoms with Gasteiger partial charge in [0.15, 0.2) is 0 Å². The second-order valence-corrected chi connectivity index (χ2v) is 6.40. The largest absolute Gasteiger partial charge is 0.372 e. The van der Waals surface area contributed by atoms with Gasteiger partial charge < -0.3 is 15.1 Å². The van der Waals surface area contributed by atoms with Crippen molar-refractivity contribution >= 4 is 17.5 Å². The van der Waals surface area contributed by atoms with Crippen LogP contribution < -0.4 is 10.2 Å². The quantitative estimate of drug-likeness (QED) is 0.871. The van der Waals surface area contributed by atoms with Crippen LogP contribution in [-0.4, -0.2) is 42.9 Å². The minimum absolute atomic E-state index is 0.0262. The number of nitrogens with one attached hydrogen (secondary N) is 1. The molecule has 0 bridgehead atoms. The molecule has 1 atom stereocenters. The molecule has 0 saturated heterocycles. The van der Waals surface area contributed by atoms with Gasteiger partial charge in [-0.25, -0.2) is 0 Å². The molecule has 132 valence electrons. The van der Waals surface area contributed by atoms with Crippen molar-refractivity contribution in [3.05, 3.63) is 29.8 Å². The van der Waals surface area contributed by atoms with E-state index in [4.69, 9.17) is 0 Å². The number of nitrogens with zero attached hydrogens (tertiary/aromatic N) is 2. The summed E-state index contributed by atoms with van der Waals surface area (Å²) in [6.45, 7) is 6.16. The summed E-state index contributed by atoms with van der Waals surface area (Å²) in [5.41, 5.74) is 2.39. The fourth-order valence-corrected chi connectivity index (χ4v) is 3.31. The third-order valence-corrected chi connectivity index (χ3v) is 4.63. The molecular formula is C19H29N3O2. The summed E-state index contributed by atoms with van der Waals surface area (Å²) in [6.07, 6.45) is 2.38. The Morgan fingerprint density at radius 1 is 1.21 bits per heavy atom. The molecule has 2 amide bonds. The van der Waals surface area contributed by atoms with Crippen LogP contribution in [0.15, 0.2) is 24.3 Å². The fourth-order valence-electron chi connectivity index (χ4n) is 3.31. The van der Waals surface area contributed by atoms with E-state index in [0.29, 0.717) is 32.4 Å². The molecule has 2 rings (SSSR count). The fraction of sp³-hybridized carbons (Fsp3) is 0.579. The predicted octanol–water partition coefficient (Wildman–Crippen LogP) is 2.55. The van der Waals surface area contributed by atoms with Crippen LogP contribution in [-0.2, 0) is 16.1 Å². The zero-order valence-electron chi connectivity index (χ0n) is 15.0. The Bertz CT molecular complexity index is 573. The molecule has 1 aromatic rings. The van der Waals surface area contributed by atoms with Crippen LogP contribution in [0.1, 0.15) is 45.1 Å². The van der Waals surface area contributed by atoms with E-state index in [1.165, 1.54) is 11.3 Å². The highest BCUT2D eigenvalue weighted by Crippen LogP contribution is 2.27. The molecule has 5 nitrogen and oxygen atoms in total. The molecule has 0 radical (unpaired) electrons. The molecule has 1 aliphatic rings. The second kappa shape index (κ2) is 8.71. The van der Waals surface area contributed by atoms with Gasteiger partial charge in [0.25, 0.3) is 0 Å². The standard InChI is InChI=1S/C19H29N3O2/c1-4-16-14-21(3)17-10-7-6-9-15(17)13-22(16)19(24)12-8-11-18(23)20-5-2/h6-7,9-10,16H,4-5,8,11-14H2,1-3H3,(H,20,23)/t16-/m1/s1. The van der Waals surface area contributed by atoms with Gasteiger partial charge in [0.2, 0.25) is 11.8 Å². The van der Waals surface area contributed by atoms with Crippen molar-refractivity contribution in [3.8, 4) is 0 Å². The molecule has 1 heterocycles. The highest BCUT2D eigenvalue weighted by atomic mass is 16.2.